The zero-order valence-corrected chi connectivity index (χ0v) is 11.0. The largest absolute Gasteiger partial charge is 0.488 e. The van der Waals surface area contributed by atoms with Crippen molar-refractivity contribution in [3.8, 4) is 5.75 Å². The standard InChI is InChI=1S/C13H13NO3S/c1-8-5-10(13(15)16)3-4-12(8)17-7-11-6-14-9(2)18-11/h3-6H,7H2,1-2H3,(H,15,16). The van der Waals surface area contributed by atoms with Crippen molar-refractivity contribution in [1.82, 2.24) is 4.98 Å². The molecule has 2 rings (SSSR count). The zero-order valence-electron chi connectivity index (χ0n) is 10.1. The first kappa shape index (κ1) is 12.6. The second-order valence-corrected chi connectivity index (χ2v) is 5.24. The first-order valence-corrected chi connectivity index (χ1v) is 6.26. The molecule has 0 aliphatic heterocycles. The van der Waals surface area contributed by atoms with Gasteiger partial charge in [-0.3, -0.25) is 0 Å². The predicted octanol–water partition coefficient (Wildman–Crippen LogP) is 3.04. The number of carboxylic acids is 1. The fourth-order valence-electron chi connectivity index (χ4n) is 1.57. The third kappa shape index (κ3) is 2.87. The molecule has 1 aromatic carbocycles. The monoisotopic (exact) mass is 263 g/mol. The zero-order chi connectivity index (χ0) is 13.1. The highest BCUT2D eigenvalue weighted by atomic mass is 32.1. The minimum absolute atomic E-state index is 0.272. The summed E-state index contributed by atoms with van der Waals surface area (Å²) < 4.78 is 5.65. The van der Waals surface area contributed by atoms with Crippen LogP contribution in [0.1, 0.15) is 25.8 Å². The molecule has 0 aliphatic carbocycles. The lowest BCUT2D eigenvalue weighted by Crippen LogP contribution is -1.99. The number of carboxylic acid groups (broad SMARTS) is 1. The number of ether oxygens (including phenoxy) is 1. The summed E-state index contributed by atoms with van der Waals surface area (Å²) in [4.78, 5) is 16.0. The molecule has 1 heterocycles. The van der Waals surface area contributed by atoms with Gasteiger partial charge in [-0.2, -0.15) is 0 Å². The van der Waals surface area contributed by atoms with Gasteiger partial charge in [0.1, 0.15) is 12.4 Å². The van der Waals surface area contributed by atoms with E-state index in [0.29, 0.717) is 12.4 Å². The summed E-state index contributed by atoms with van der Waals surface area (Å²) >= 11 is 1.59. The van der Waals surface area contributed by atoms with Gasteiger partial charge in [-0.1, -0.05) is 0 Å². The maximum Gasteiger partial charge on any atom is 0.335 e. The van der Waals surface area contributed by atoms with E-state index in [2.05, 4.69) is 4.98 Å². The van der Waals surface area contributed by atoms with Crippen LogP contribution in [-0.4, -0.2) is 16.1 Å². The average molecular weight is 263 g/mol. The minimum atomic E-state index is -0.928. The second-order valence-electron chi connectivity index (χ2n) is 3.92. The predicted molar refractivity (Wildman–Crippen MR) is 69.3 cm³/mol. The van der Waals surface area contributed by atoms with Crippen molar-refractivity contribution >= 4 is 17.3 Å². The van der Waals surface area contributed by atoms with Gasteiger partial charge in [0.15, 0.2) is 0 Å². The summed E-state index contributed by atoms with van der Waals surface area (Å²) in [6.07, 6.45) is 1.79. The first-order valence-electron chi connectivity index (χ1n) is 5.44. The van der Waals surface area contributed by atoms with E-state index in [-0.39, 0.29) is 5.56 Å². The summed E-state index contributed by atoms with van der Waals surface area (Å²) in [6, 6.07) is 4.84. The molecule has 0 saturated heterocycles. The third-order valence-electron chi connectivity index (χ3n) is 2.46. The molecular weight excluding hydrogens is 250 g/mol. The first-order chi connectivity index (χ1) is 8.56. The molecule has 0 atom stereocenters. The van der Waals surface area contributed by atoms with E-state index in [1.165, 1.54) is 0 Å². The van der Waals surface area contributed by atoms with Crippen LogP contribution in [0.25, 0.3) is 0 Å². The smallest absolute Gasteiger partial charge is 0.335 e. The van der Waals surface area contributed by atoms with Gasteiger partial charge in [-0.25, -0.2) is 9.78 Å². The van der Waals surface area contributed by atoms with Crippen LogP contribution >= 0.6 is 11.3 Å². The van der Waals surface area contributed by atoms with Gasteiger partial charge < -0.3 is 9.84 Å². The summed E-state index contributed by atoms with van der Waals surface area (Å²) in [5.74, 6) is -0.228. The van der Waals surface area contributed by atoms with Crippen molar-refractivity contribution in [3.05, 3.63) is 45.4 Å². The number of rotatable bonds is 4. The number of hydrogen-bond acceptors (Lipinski definition) is 4. The number of aromatic nitrogens is 1. The Morgan fingerprint density at radius 2 is 2.22 bits per heavy atom. The van der Waals surface area contributed by atoms with Crippen molar-refractivity contribution in [2.45, 2.75) is 20.5 Å². The van der Waals surface area contributed by atoms with Gasteiger partial charge in [0, 0.05) is 6.20 Å². The Morgan fingerprint density at radius 1 is 1.44 bits per heavy atom. The minimum Gasteiger partial charge on any atom is -0.488 e. The lowest BCUT2D eigenvalue weighted by molar-refractivity contribution is 0.0696. The van der Waals surface area contributed by atoms with Gasteiger partial charge in [0.2, 0.25) is 0 Å². The Morgan fingerprint density at radius 3 is 2.78 bits per heavy atom. The highest BCUT2D eigenvalue weighted by Gasteiger charge is 2.07. The number of aromatic carboxylic acids is 1. The van der Waals surface area contributed by atoms with E-state index in [4.69, 9.17) is 9.84 Å². The van der Waals surface area contributed by atoms with Crippen LogP contribution in [0.5, 0.6) is 5.75 Å². The molecule has 0 unspecified atom stereocenters. The fraction of sp³-hybridized carbons (Fsp3) is 0.231. The number of aryl methyl sites for hydroxylation is 2. The van der Waals surface area contributed by atoms with E-state index in [1.807, 2.05) is 13.8 Å². The van der Waals surface area contributed by atoms with Crippen molar-refractivity contribution in [3.63, 3.8) is 0 Å². The Hall–Kier alpha value is -1.88. The van der Waals surface area contributed by atoms with Gasteiger partial charge >= 0.3 is 5.97 Å². The van der Waals surface area contributed by atoms with Crippen LogP contribution in [0.2, 0.25) is 0 Å². The Kier molecular flexibility index (Phi) is 3.62. The van der Waals surface area contributed by atoms with Crippen LogP contribution in [0.4, 0.5) is 0 Å². The van der Waals surface area contributed by atoms with Crippen LogP contribution in [0, 0.1) is 13.8 Å². The molecule has 94 valence electrons. The molecule has 0 amide bonds. The van der Waals surface area contributed by atoms with Crippen LogP contribution in [-0.2, 0) is 6.61 Å². The summed E-state index contributed by atoms with van der Waals surface area (Å²) in [5, 5.41) is 9.87. The molecule has 4 nitrogen and oxygen atoms in total. The number of hydrogen-bond donors (Lipinski definition) is 1. The fourth-order valence-corrected chi connectivity index (χ4v) is 2.27. The molecule has 18 heavy (non-hydrogen) atoms. The Bertz CT molecular complexity index is 577. The van der Waals surface area contributed by atoms with Crippen LogP contribution in [0.3, 0.4) is 0 Å². The van der Waals surface area contributed by atoms with Gasteiger partial charge in [-0.15, -0.1) is 11.3 Å². The highest BCUT2D eigenvalue weighted by molar-refractivity contribution is 7.11. The van der Waals surface area contributed by atoms with Gasteiger partial charge in [0.25, 0.3) is 0 Å². The summed E-state index contributed by atoms with van der Waals surface area (Å²) in [6.45, 7) is 4.24. The van der Waals surface area contributed by atoms with E-state index in [9.17, 15) is 4.79 Å². The van der Waals surface area contributed by atoms with Crippen molar-refractivity contribution < 1.29 is 14.6 Å². The van der Waals surface area contributed by atoms with Crippen molar-refractivity contribution in [1.29, 1.82) is 0 Å². The molecular formula is C13H13NO3S. The van der Waals surface area contributed by atoms with Crippen LogP contribution in [0.15, 0.2) is 24.4 Å². The lowest BCUT2D eigenvalue weighted by atomic mass is 10.1. The van der Waals surface area contributed by atoms with Crippen molar-refractivity contribution in [2.75, 3.05) is 0 Å². The molecule has 1 N–H and O–H groups in total. The highest BCUT2D eigenvalue weighted by Crippen LogP contribution is 2.21. The maximum absolute atomic E-state index is 10.8. The topological polar surface area (TPSA) is 59.4 Å². The number of thiazole rings is 1. The van der Waals surface area contributed by atoms with E-state index >= 15 is 0 Å². The molecule has 0 fully saturated rings. The number of nitrogens with zero attached hydrogens (tertiary/aromatic N) is 1. The molecule has 2 aromatic rings. The maximum atomic E-state index is 10.8. The SMILES string of the molecule is Cc1ncc(COc2ccc(C(=O)O)cc2C)s1. The molecule has 0 radical (unpaired) electrons. The van der Waals surface area contributed by atoms with E-state index in [1.54, 1.807) is 35.7 Å². The average Bonchev–Trinajstić information content (AvgIpc) is 2.73. The molecule has 1 aromatic heterocycles. The Balaban J connectivity index is 2.08. The number of benzene rings is 1. The van der Waals surface area contributed by atoms with Crippen LogP contribution < -0.4 is 4.74 Å². The molecule has 0 bridgehead atoms. The van der Waals surface area contributed by atoms with E-state index < -0.39 is 5.97 Å². The second kappa shape index (κ2) is 5.18. The normalized spacial score (nSPS) is 10.3. The third-order valence-corrected chi connectivity index (χ3v) is 3.35. The van der Waals surface area contributed by atoms with Gasteiger partial charge in [-0.05, 0) is 37.6 Å². The number of carbonyl (C=O) groups is 1. The Labute approximate surface area is 109 Å². The van der Waals surface area contributed by atoms with Gasteiger partial charge in [0.05, 0.1) is 15.4 Å². The molecule has 0 aliphatic rings. The lowest BCUT2D eigenvalue weighted by Gasteiger charge is -2.08. The molecule has 5 heteroatoms. The molecule has 0 saturated carbocycles. The molecule has 0 spiro atoms. The van der Waals surface area contributed by atoms with Crippen molar-refractivity contribution in [2.24, 2.45) is 0 Å². The quantitative estimate of drug-likeness (QED) is 0.921. The summed E-state index contributed by atoms with van der Waals surface area (Å²) in [7, 11) is 0. The van der Waals surface area contributed by atoms with E-state index in [0.717, 1.165) is 15.4 Å². The summed E-state index contributed by atoms with van der Waals surface area (Å²) in [5.41, 5.74) is 1.09.